The fourth-order valence-corrected chi connectivity index (χ4v) is 1.78. The number of nitrogens with zero attached hydrogens (tertiary/aromatic N) is 3. The van der Waals surface area contributed by atoms with Crippen LogP contribution in [0.15, 0.2) is 29.1 Å². The van der Waals surface area contributed by atoms with E-state index in [1.807, 2.05) is 0 Å². The maximum Gasteiger partial charge on any atom is 0.359 e. The molecule has 0 bridgehead atoms. The Morgan fingerprint density at radius 3 is 2.48 bits per heavy atom. The summed E-state index contributed by atoms with van der Waals surface area (Å²) in [5.41, 5.74) is -0.286. The van der Waals surface area contributed by atoms with Crippen molar-refractivity contribution in [3.05, 3.63) is 40.3 Å². The number of aromatic nitrogens is 2. The molecule has 7 nitrogen and oxygen atoms in total. The minimum Gasteiger partial charge on any atom is -0.451 e. The van der Waals surface area contributed by atoms with Crippen molar-refractivity contribution in [1.82, 2.24) is 14.7 Å². The van der Waals surface area contributed by atoms with Gasteiger partial charge in [0.25, 0.3) is 11.5 Å². The first kappa shape index (κ1) is 14.7. The second kappa shape index (κ2) is 5.74. The summed E-state index contributed by atoms with van der Waals surface area (Å²) in [5, 5.41) is 4.71. The number of hydrogen-bond donors (Lipinski definition) is 0. The number of hydrogen-bond acceptors (Lipinski definition) is 5. The van der Waals surface area contributed by atoms with Gasteiger partial charge < -0.3 is 9.64 Å². The van der Waals surface area contributed by atoms with Crippen LogP contribution in [0.4, 0.5) is 0 Å². The fraction of sp³-hybridized carbons (Fsp3) is 0.286. The number of carbonyl (C=O) groups is 2. The molecular formula is C14H15N3O4. The van der Waals surface area contributed by atoms with Crippen LogP contribution >= 0.6 is 0 Å². The third-order valence-electron chi connectivity index (χ3n) is 2.98. The Morgan fingerprint density at radius 1 is 1.24 bits per heavy atom. The van der Waals surface area contributed by atoms with Gasteiger partial charge in [0.1, 0.15) is 0 Å². The van der Waals surface area contributed by atoms with Crippen molar-refractivity contribution >= 4 is 22.6 Å². The second-order valence-electron chi connectivity index (χ2n) is 4.69. The van der Waals surface area contributed by atoms with Crippen molar-refractivity contribution in [2.45, 2.75) is 0 Å². The molecule has 0 aliphatic heterocycles. The Hall–Kier alpha value is -2.70. The summed E-state index contributed by atoms with van der Waals surface area (Å²) >= 11 is 0. The van der Waals surface area contributed by atoms with Crippen LogP contribution < -0.4 is 5.56 Å². The summed E-state index contributed by atoms with van der Waals surface area (Å²) in [5.74, 6) is -1.07. The number of carbonyl (C=O) groups excluding carboxylic acids is 2. The summed E-state index contributed by atoms with van der Waals surface area (Å²) in [7, 11) is 4.59. The molecule has 0 fully saturated rings. The van der Waals surface area contributed by atoms with Crippen molar-refractivity contribution in [3.8, 4) is 0 Å². The van der Waals surface area contributed by atoms with Crippen molar-refractivity contribution in [2.24, 2.45) is 7.05 Å². The highest BCUT2D eigenvalue weighted by molar-refractivity contribution is 6.02. The van der Waals surface area contributed by atoms with Gasteiger partial charge in [-0.3, -0.25) is 9.59 Å². The van der Waals surface area contributed by atoms with E-state index in [1.165, 1.54) is 11.9 Å². The number of ether oxygens (including phenoxy) is 1. The minimum absolute atomic E-state index is 0.0132. The zero-order valence-corrected chi connectivity index (χ0v) is 12.0. The highest BCUT2D eigenvalue weighted by Gasteiger charge is 2.18. The van der Waals surface area contributed by atoms with Crippen molar-refractivity contribution in [3.63, 3.8) is 0 Å². The fourth-order valence-electron chi connectivity index (χ4n) is 1.78. The van der Waals surface area contributed by atoms with Gasteiger partial charge in [-0.1, -0.05) is 18.2 Å². The molecule has 2 rings (SSSR count). The molecule has 0 spiro atoms. The number of rotatable bonds is 3. The lowest BCUT2D eigenvalue weighted by Crippen LogP contribution is -2.29. The summed E-state index contributed by atoms with van der Waals surface area (Å²) in [6.07, 6.45) is 0. The maximum atomic E-state index is 12.1. The lowest BCUT2D eigenvalue weighted by atomic mass is 10.1. The Labute approximate surface area is 120 Å². The Bertz CT molecular complexity index is 764. The molecule has 7 heteroatoms. The molecular weight excluding hydrogens is 274 g/mol. The standard InChI is InChI=1S/C14H15N3O4/c1-16(2)11(18)8-21-14(20)12-9-6-4-5-7-10(9)13(19)17(3)15-12/h4-7H,8H2,1-3H3. The normalized spacial score (nSPS) is 10.4. The van der Waals surface area contributed by atoms with Crippen LogP contribution in [0.2, 0.25) is 0 Å². The van der Waals surface area contributed by atoms with Gasteiger partial charge in [0.2, 0.25) is 0 Å². The highest BCUT2D eigenvalue weighted by Crippen LogP contribution is 2.13. The molecule has 0 saturated heterocycles. The van der Waals surface area contributed by atoms with E-state index in [0.717, 1.165) is 4.68 Å². The maximum absolute atomic E-state index is 12.1. The highest BCUT2D eigenvalue weighted by atomic mass is 16.5. The zero-order chi connectivity index (χ0) is 15.6. The molecule has 0 N–H and O–H groups in total. The molecule has 0 aliphatic rings. The van der Waals surface area contributed by atoms with Gasteiger partial charge in [-0.2, -0.15) is 5.10 Å². The molecule has 1 amide bonds. The third kappa shape index (κ3) is 2.91. The zero-order valence-electron chi connectivity index (χ0n) is 12.0. The number of aryl methyl sites for hydroxylation is 1. The van der Waals surface area contributed by atoms with Crippen LogP contribution in [0.3, 0.4) is 0 Å². The number of fused-ring (bicyclic) bond motifs is 1. The van der Waals surface area contributed by atoms with Gasteiger partial charge in [-0.15, -0.1) is 0 Å². The number of benzene rings is 1. The van der Waals surface area contributed by atoms with E-state index in [-0.39, 0.29) is 23.8 Å². The Balaban J connectivity index is 2.38. The van der Waals surface area contributed by atoms with Crippen LogP contribution in [-0.2, 0) is 16.6 Å². The number of likely N-dealkylation sites (N-methyl/N-ethyl adjacent to an activating group) is 1. The smallest absolute Gasteiger partial charge is 0.359 e. The lowest BCUT2D eigenvalue weighted by Gasteiger charge is -2.11. The first-order chi connectivity index (χ1) is 9.91. The summed E-state index contributed by atoms with van der Waals surface area (Å²) in [4.78, 5) is 36.8. The van der Waals surface area contributed by atoms with Crippen LogP contribution in [0.5, 0.6) is 0 Å². The molecule has 110 valence electrons. The number of esters is 1. The van der Waals surface area contributed by atoms with Crippen molar-refractivity contribution in [2.75, 3.05) is 20.7 Å². The monoisotopic (exact) mass is 289 g/mol. The van der Waals surface area contributed by atoms with E-state index >= 15 is 0 Å². The molecule has 0 unspecified atom stereocenters. The summed E-state index contributed by atoms with van der Waals surface area (Å²) < 4.78 is 6.02. The first-order valence-corrected chi connectivity index (χ1v) is 6.25. The van der Waals surface area contributed by atoms with Gasteiger partial charge >= 0.3 is 5.97 Å². The minimum atomic E-state index is -0.739. The van der Waals surface area contributed by atoms with E-state index in [2.05, 4.69) is 5.10 Å². The van der Waals surface area contributed by atoms with Crippen molar-refractivity contribution < 1.29 is 14.3 Å². The SMILES string of the molecule is CN(C)C(=O)COC(=O)c1nn(C)c(=O)c2ccccc12. The van der Waals surface area contributed by atoms with Gasteiger partial charge in [-0.05, 0) is 6.07 Å². The molecule has 0 atom stereocenters. The Kier molecular flexibility index (Phi) is 4.02. The van der Waals surface area contributed by atoms with E-state index in [4.69, 9.17) is 4.74 Å². The van der Waals surface area contributed by atoms with E-state index in [9.17, 15) is 14.4 Å². The summed E-state index contributed by atoms with van der Waals surface area (Å²) in [6, 6.07) is 6.63. The van der Waals surface area contributed by atoms with Crippen LogP contribution in [0, 0.1) is 0 Å². The molecule has 0 aliphatic carbocycles. The second-order valence-corrected chi connectivity index (χ2v) is 4.69. The van der Waals surface area contributed by atoms with Gasteiger partial charge in [0.05, 0.1) is 5.39 Å². The molecule has 1 aromatic heterocycles. The third-order valence-corrected chi connectivity index (χ3v) is 2.98. The van der Waals surface area contributed by atoms with Crippen LogP contribution in [0.25, 0.3) is 10.8 Å². The van der Waals surface area contributed by atoms with Gasteiger partial charge in [0.15, 0.2) is 12.3 Å². The van der Waals surface area contributed by atoms with Crippen LogP contribution in [-0.4, -0.2) is 47.3 Å². The van der Waals surface area contributed by atoms with E-state index in [0.29, 0.717) is 10.8 Å². The predicted octanol–water partition coefficient (Wildman–Crippen LogP) is 0.178. The van der Waals surface area contributed by atoms with Crippen molar-refractivity contribution in [1.29, 1.82) is 0 Å². The topological polar surface area (TPSA) is 81.5 Å². The van der Waals surface area contributed by atoms with Crippen LogP contribution in [0.1, 0.15) is 10.5 Å². The average molecular weight is 289 g/mol. The van der Waals surface area contributed by atoms with E-state index < -0.39 is 5.97 Å². The molecule has 1 heterocycles. The first-order valence-electron chi connectivity index (χ1n) is 6.25. The van der Waals surface area contributed by atoms with Gasteiger partial charge in [-0.25, -0.2) is 9.48 Å². The lowest BCUT2D eigenvalue weighted by molar-refractivity contribution is -0.131. The van der Waals surface area contributed by atoms with Gasteiger partial charge in [0, 0.05) is 26.5 Å². The molecule has 2 aromatic rings. The Morgan fingerprint density at radius 2 is 1.86 bits per heavy atom. The molecule has 21 heavy (non-hydrogen) atoms. The number of amides is 1. The molecule has 1 aromatic carbocycles. The van der Waals surface area contributed by atoms with E-state index in [1.54, 1.807) is 38.4 Å². The average Bonchev–Trinajstić information content (AvgIpc) is 2.48. The predicted molar refractivity (Wildman–Crippen MR) is 76.0 cm³/mol. The quantitative estimate of drug-likeness (QED) is 0.753. The summed E-state index contributed by atoms with van der Waals surface area (Å²) in [6.45, 7) is -0.370. The molecule has 0 saturated carbocycles. The largest absolute Gasteiger partial charge is 0.451 e. The molecule has 0 radical (unpaired) electrons.